The Bertz CT molecular complexity index is 627. The lowest BCUT2D eigenvalue weighted by Gasteiger charge is -2.36. The van der Waals surface area contributed by atoms with Gasteiger partial charge in [0, 0.05) is 33.3 Å². The van der Waals surface area contributed by atoms with Crippen LogP contribution in [0.2, 0.25) is 0 Å². The summed E-state index contributed by atoms with van der Waals surface area (Å²) in [7, 11) is 1.69. The number of ether oxygens (including phenoxy) is 1. The number of nitrogens with one attached hydrogen (secondary N) is 2. The number of hydrogen-bond donors (Lipinski definition) is 2. The first-order chi connectivity index (χ1) is 13.5. The van der Waals surface area contributed by atoms with Crippen molar-refractivity contribution in [3.05, 3.63) is 35.4 Å². The minimum Gasteiger partial charge on any atom is -0.384 e. The van der Waals surface area contributed by atoms with Crippen molar-refractivity contribution >= 4 is 5.91 Å². The zero-order chi connectivity index (χ0) is 20.0. The molecule has 0 bridgehead atoms. The van der Waals surface area contributed by atoms with E-state index in [1.54, 1.807) is 7.11 Å². The summed E-state index contributed by atoms with van der Waals surface area (Å²) in [5.74, 6) is 1.64. The zero-order valence-electron chi connectivity index (χ0n) is 17.8. The van der Waals surface area contributed by atoms with Crippen LogP contribution >= 0.6 is 0 Å². The lowest BCUT2D eigenvalue weighted by molar-refractivity contribution is -0.136. The minimum atomic E-state index is -0.396. The standard InChI is InChI=1S/C23H37N3O2/c1-18-12-19(2)15-26(14-18)16-21-7-5-4-6-20(21)13-25-22(27)23(17-28-3)8-10-24-11-9-23/h4-7,18-19,24H,8-17H2,1-3H3,(H,25,27). The van der Waals surface area contributed by atoms with E-state index in [1.807, 2.05) is 0 Å². The molecule has 5 nitrogen and oxygen atoms in total. The largest absolute Gasteiger partial charge is 0.384 e. The summed E-state index contributed by atoms with van der Waals surface area (Å²) in [5.41, 5.74) is 2.16. The highest BCUT2D eigenvalue weighted by molar-refractivity contribution is 5.83. The highest BCUT2D eigenvalue weighted by Crippen LogP contribution is 2.30. The Labute approximate surface area is 170 Å². The van der Waals surface area contributed by atoms with Crippen LogP contribution in [-0.2, 0) is 22.6 Å². The average molecular weight is 388 g/mol. The van der Waals surface area contributed by atoms with Gasteiger partial charge in [0.25, 0.3) is 0 Å². The second-order valence-corrected chi connectivity index (χ2v) is 9.05. The fourth-order valence-electron chi connectivity index (χ4n) is 5.03. The summed E-state index contributed by atoms with van der Waals surface area (Å²) in [5, 5.41) is 6.57. The molecule has 28 heavy (non-hydrogen) atoms. The van der Waals surface area contributed by atoms with E-state index in [-0.39, 0.29) is 5.91 Å². The lowest BCUT2D eigenvalue weighted by atomic mass is 9.78. The number of rotatable bonds is 7. The smallest absolute Gasteiger partial charge is 0.228 e. The monoisotopic (exact) mass is 387 g/mol. The molecule has 0 aliphatic carbocycles. The molecule has 2 heterocycles. The molecule has 1 aromatic rings. The fraction of sp³-hybridized carbons (Fsp3) is 0.696. The Morgan fingerprint density at radius 1 is 1.18 bits per heavy atom. The van der Waals surface area contributed by atoms with Gasteiger partial charge in [-0.05, 0) is 55.3 Å². The Morgan fingerprint density at radius 2 is 1.82 bits per heavy atom. The number of benzene rings is 1. The van der Waals surface area contributed by atoms with E-state index in [9.17, 15) is 4.79 Å². The molecular weight excluding hydrogens is 350 g/mol. The van der Waals surface area contributed by atoms with Gasteiger partial charge in [0.05, 0.1) is 12.0 Å². The van der Waals surface area contributed by atoms with Crippen LogP contribution < -0.4 is 10.6 Å². The van der Waals surface area contributed by atoms with Gasteiger partial charge in [0.1, 0.15) is 0 Å². The highest BCUT2D eigenvalue weighted by Gasteiger charge is 2.39. The summed E-state index contributed by atoms with van der Waals surface area (Å²) >= 11 is 0. The number of piperidine rings is 2. The van der Waals surface area contributed by atoms with Crippen molar-refractivity contribution in [2.24, 2.45) is 17.3 Å². The van der Waals surface area contributed by atoms with E-state index in [2.05, 4.69) is 53.6 Å². The van der Waals surface area contributed by atoms with Gasteiger partial charge >= 0.3 is 0 Å². The van der Waals surface area contributed by atoms with E-state index in [1.165, 1.54) is 17.5 Å². The number of nitrogens with zero attached hydrogens (tertiary/aromatic N) is 1. The second kappa shape index (κ2) is 9.86. The van der Waals surface area contributed by atoms with Crippen LogP contribution in [0.1, 0.15) is 44.2 Å². The predicted molar refractivity (Wildman–Crippen MR) is 113 cm³/mol. The quantitative estimate of drug-likeness (QED) is 0.755. The molecule has 2 saturated heterocycles. The first-order valence-corrected chi connectivity index (χ1v) is 10.8. The van der Waals surface area contributed by atoms with Crippen LogP contribution in [0.3, 0.4) is 0 Å². The summed E-state index contributed by atoms with van der Waals surface area (Å²) in [6.45, 7) is 10.8. The molecule has 1 amide bonds. The Morgan fingerprint density at radius 3 is 2.46 bits per heavy atom. The van der Waals surface area contributed by atoms with Crippen molar-refractivity contribution < 1.29 is 9.53 Å². The summed E-state index contributed by atoms with van der Waals surface area (Å²) in [6, 6.07) is 8.54. The van der Waals surface area contributed by atoms with Gasteiger partial charge in [0.2, 0.25) is 5.91 Å². The van der Waals surface area contributed by atoms with Gasteiger partial charge in [-0.1, -0.05) is 38.1 Å². The molecule has 5 heteroatoms. The van der Waals surface area contributed by atoms with Crippen molar-refractivity contribution in [3.8, 4) is 0 Å². The number of methoxy groups -OCH3 is 1. The predicted octanol–water partition coefficient (Wildman–Crippen LogP) is 2.80. The van der Waals surface area contributed by atoms with Crippen LogP contribution in [0.15, 0.2) is 24.3 Å². The van der Waals surface area contributed by atoms with Crippen molar-refractivity contribution in [2.75, 3.05) is 39.9 Å². The number of carbonyl (C=O) groups excluding carboxylic acids is 1. The van der Waals surface area contributed by atoms with Crippen molar-refractivity contribution in [3.63, 3.8) is 0 Å². The number of carbonyl (C=O) groups is 1. The molecule has 0 radical (unpaired) electrons. The number of likely N-dealkylation sites (tertiary alicyclic amines) is 1. The van der Waals surface area contributed by atoms with Crippen LogP contribution in [0.25, 0.3) is 0 Å². The molecule has 2 fully saturated rings. The van der Waals surface area contributed by atoms with E-state index in [0.29, 0.717) is 13.2 Å². The van der Waals surface area contributed by atoms with E-state index < -0.39 is 5.41 Å². The number of hydrogen-bond acceptors (Lipinski definition) is 4. The maximum absolute atomic E-state index is 13.0. The third-order valence-corrected chi connectivity index (χ3v) is 6.36. The number of amides is 1. The summed E-state index contributed by atoms with van der Waals surface area (Å²) < 4.78 is 5.41. The molecule has 3 rings (SSSR count). The molecule has 2 aliphatic rings. The molecule has 156 valence electrons. The van der Waals surface area contributed by atoms with Crippen LogP contribution in [0, 0.1) is 17.3 Å². The molecule has 2 unspecified atom stereocenters. The van der Waals surface area contributed by atoms with E-state index >= 15 is 0 Å². The van der Waals surface area contributed by atoms with Crippen molar-refractivity contribution in [2.45, 2.75) is 46.2 Å². The van der Waals surface area contributed by atoms with Gasteiger partial charge in [-0.25, -0.2) is 0 Å². The van der Waals surface area contributed by atoms with E-state index in [4.69, 9.17) is 4.74 Å². The Balaban J connectivity index is 1.63. The Kier molecular flexibility index (Phi) is 7.49. The molecule has 2 aliphatic heterocycles. The SMILES string of the molecule is COCC1(C(=O)NCc2ccccc2CN2CC(C)CC(C)C2)CCNCC1. The third kappa shape index (κ3) is 5.34. The molecule has 2 atom stereocenters. The van der Waals surface area contributed by atoms with Crippen molar-refractivity contribution in [1.29, 1.82) is 0 Å². The van der Waals surface area contributed by atoms with Gasteiger partial charge < -0.3 is 15.4 Å². The summed E-state index contributed by atoms with van der Waals surface area (Å²) in [6.07, 6.45) is 2.99. The molecule has 0 aromatic heterocycles. The zero-order valence-corrected chi connectivity index (χ0v) is 17.8. The van der Waals surface area contributed by atoms with Crippen molar-refractivity contribution in [1.82, 2.24) is 15.5 Å². The van der Waals surface area contributed by atoms with Crippen LogP contribution in [0.4, 0.5) is 0 Å². The molecule has 2 N–H and O–H groups in total. The normalized spacial score (nSPS) is 25.4. The first kappa shape index (κ1) is 21.3. The Hall–Kier alpha value is -1.43. The molecule has 0 spiro atoms. The third-order valence-electron chi connectivity index (χ3n) is 6.36. The van der Waals surface area contributed by atoms with Gasteiger partial charge in [-0.3, -0.25) is 9.69 Å². The van der Waals surface area contributed by atoms with Gasteiger partial charge in [-0.15, -0.1) is 0 Å². The summed E-state index contributed by atoms with van der Waals surface area (Å²) in [4.78, 5) is 15.6. The van der Waals surface area contributed by atoms with Gasteiger partial charge in [-0.2, -0.15) is 0 Å². The topological polar surface area (TPSA) is 53.6 Å². The first-order valence-electron chi connectivity index (χ1n) is 10.8. The average Bonchev–Trinajstić information content (AvgIpc) is 2.67. The fourth-order valence-corrected chi connectivity index (χ4v) is 5.03. The maximum Gasteiger partial charge on any atom is 0.228 e. The van der Waals surface area contributed by atoms with Gasteiger partial charge in [0.15, 0.2) is 0 Å². The van der Waals surface area contributed by atoms with Crippen LogP contribution in [0.5, 0.6) is 0 Å². The minimum absolute atomic E-state index is 0.130. The van der Waals surface area contributed by atoms with Crippen LogP contribution in [-0.4, -0.2) is 50.7 Å². The maximum atomic E-state index is 13.0. The van der Waals surface area contributed by atoms with E-state index in [0.717, 1.165) is 57.4 Å². The molecule has 0 saturated carbocycles. The second-order valence-electron chi connectivity index (χ2n) is 9.05. The lowest BCUT2D eigenvalue weighted by Crippen LogP contribution is -2.50. The highest BCUT2D eigenvalue weighted by atomic mass is 16.5. The molecular formula is C23H37N3O2. The molecule has 1 aromatic carbocycles.